The first-order valence-corrected chi connectivity index (χ1v) is 10.1. The summed E-state index contributed by atoms with van der Waals surface area (Å²) in [6, 6.07) is 19.2. The van der Waals surface area contributed by atoms with E-state index in [0.717, 1.165) is 29.8 Å². The zero-order valence-electron chi connectivity index (χ0n) is 16.0. The fourth-order valence-corrected chi connectivity index (χ4v) is 4.29. The van der Waals surface area contributed by atoms with Crippen molar-refractivity contribution in [3.05, 3.63) is 60.2 Å². The van der Waals surface area contributed by atoms with Gasteiger partial charge in [-0.3, -0.25) is 0 Å². The summed E-state index contributed by atoms with van der Waals surface area (Å²) in [6.45, 7) is 3.79. The standard InChI is InChI=1S/C23H28N4/c1-2-24-22-26-20-14-8-7-13-19(20)21(27-22)25-17-23(15-9-4-10-16-23)18-11-5-3-6-12-18/h3,5-8,11-14H,2,4,9-10,15-17H2,1H3,(H2,24,25,26,27). The molecule has 2 aromatic carbocycles. The first kappa shape index (κ1) is 17.8. The highest BCUT2D eigenvalue weighted by molar-refractivity contribution is 5.90. The second-order valence-electron chi connectivity index (χ2n) is 7.50. The Morgan fingerprint density at radius 1 is 0.852 bits per heavy atom. The number of hydrogen-bond donors (Lipinski definition) is 2. The van der Waals surface area contributed by atoms with Gasteiger partial charge >= 0.3 is 0 Å². The average molecular weight is 361 g/mol. The number of nitrogens with zero attached hydrogens (tertiary/aromatic N) is 2. The molecule has 0 saturated heterocycles. The average Bonchev–Trinajstić information content (AvgIpc) is 2.73. The predicted octanol–water partition coefficient (Wildman–Crippen LogP) is 5.38. The van der Waals surface area contributed by atoms with Crippen molar-refractivity contribution in [2.45, 2.75) is 44.4 Å². The molecule has 1 aromatic heterocycles. The monoisotopic (exact) mass is 360 g/mol. The van der Waals surface area contributed by atoms with E-state index >= 15 is 0 Å². The van der Waals surface area contributed by atoms with E-state index in [4.69, 9.17) is 4.98 Å². The maximum atomic E-state index is 4.77. The van der Waals surface area contributed by atoms with Crippen LogP contribution < -0.4 is 10.6 Å². The van der Waals surface area contributed by atoms with Crippen LogP contribution in [-0.4, -0.2) is 23.1 Å². The van der Waals surface area contributed by atoms with E-state index < -0.39 is 0 Å². The lowest BCUT2D eigenvalue weighted by Crippen LogP contribution is -2.36. The minimum atomic E-state index is 0.184. The van der Waals surface area contributed by atoms with Gasteiger partial charge < -0.3 is 10.6 Å². The van der Waals surface area contributed by atoms with Gasteiger partial charge in [0.1, 0.15) is 5.82 Å². The van der Waals surface area contributed by atoms with E-state index in [1.54, 1.807) is 0 Å². The van der Waals surface area contributed by atoms with Crippen LogP contribution in [0.25, 0.3) is 10.9 Å². The fraction of sp³-hybridized carbons (Fsp3) is 0.391. The second-order valence-corrected chi connectivity index (χ2v) is 7.50. The summed E-state index contributed by atoms with van der Waals surface area (Å²) in [5, 5.41) is 8.04. The molecule has 1 aliphatic rings. The van der Waals surface area contributed by atoms with Crippen molar-refractivity contribution < 1.29 is 0 Å². The van der Waals surface area contributed by atoms with Crippen LogP contribution in [0.3, 0.4) is 0 Å². The Morgan fingerprint density at radius 2 is 1.59 bits per heavy atom. The van der Waals surface area contributed by atoms with Gasteiger partial charge in [-0.25, -0.2) is 4.98 Å². The number of fused-ring (bicyclic) bond motifs is 1. The molecule has 0 spiro atoms. The normalized spacial score (nSPS) is 16.2. The fourth-order valence-electron chi connectivity index (χ4n) is 4.29. The largest absolute Gasteiger partial charge is 0.368 e. The molecule has 4 heteroatoms. The zero-order chi connectivity index (χ0) is 18.5. The van der Waals surface area contributed by atoms with Gasteiger partial charge in [-0.15, -0.1) is 0 Å². The molecule has 4 nitrogen and oxygen atoms in total. The maximum absolute atomic E-state index is 4.77. The molecule has 0 bridgehead atoms. The molecule has 0 atom stereocenters. The second kappa shape index (κ2) is 7.95. The molecule has 0 radical (unpaired) electrons. The summed E-state index contributed by atoms with van der Waals surface area (Å²) < 4.78 is 0. The van der Waals surface area contributed by atoms with Crippen molar-refractivity contribution in [3.8, 4) is 0 Å². The highest BCUT2D eigenvalue weighted by Gasteiger charge is 2.33. The summed E-state index contributed by atoms with van der Waals surface area (Å²) in [4.78, 5) is 9.40. The topological polar surface area (TPSA) is 49.8 Å². The van der Waals surface area contributed by atoms with Crippen LogP contribution >= 0.6 is 0 Å². The van der Waals surface area contributed by atoms with Crippen LogP contribution in [0.4, 0.5) is 11.8 Å². The van der Waals surface area contributed by atoms with Gasteiger partial charge in [0, 0.05) is 23.9 Å². The van der Waals surface area contributed by atoms with Gasteiger partial charge in [0.25, 0.3) is 0 Å². The predicted molar refractivity (Wildman–Crippen MR) is 113 cm³/mol. The van der Waals surface area contributed by atoms with E-state index in [9.17, 15) is 0 Å². The highest BCUT2D eigenvalue weighted by atomic mass is 15.1. The molecule has 1 saturated carbocycles. The van der Waals surface area contributed by atoms with Crippen LogP contribution in [0, 0.1) is 0 Å². The van der Waals surface area contributed by atoms with Crippen LogP contribution in [-0.2, 0) is 5.41 Å². The SMILES string of the molecule is CCNc1nc(NCC2(c3ccccc3)CCCCC2)c2ccccc2n1. The van der Waals surface area contributed by atoms with Gasteiger partial charge in [-0.05, 0) is 37.5 Å². The molecule has 140 valence electrons. The summed E-state index contributed by atoms with van der Waals surface area (Å²) >= 11 is 0. The van der Waals surface area contributed by atoms with E-state index in [2.05, 4.69) is 71.1 Å². The van der Waals surface area contributed by atoms with E-state index in [1.807, 2.05) is 6.07 Å². The first-order chi connectivity index (χ1) is 13.3. The Morgan fingerprint density at radius 3 is 2.37 bits per heavy atom. The Balaban J connectivity index is 1.66. The molecule has 1 fully saturated rings. The summed E-state index contributed by atoms with van der Waals surface area (Å²) in [6.07, 6.45) is 6.39. The Hall–Kier alpha value is -2.62. The third-order valence-corrected chi connectivity index (χ3v) is 5.73. The van der Waals surface area contributed by atoms with E-state index in [-0.39, 0.29) is 5.41 Å². The molecule has 1 aliphatic carbocycles. The third-order valence-electron chi connectivity index (χ3n) is 5.73. The molecule has 1 heterocycles. The minimum Gasteiger partial charge on any atom is -0.368 e. The maximum Gasteiger partial charge on any atom is 0.225 e. The van der Waals surface area contributed by atoms with Crippen LogP contribution in [0.1, 0.15) is 44.6 Å². The lowest BCUT2D eigenvalue weighted by Gasteiger charge is -2.38. The first-order valence-electron chi connectivity index (χ1n) is 10.1. The quantitative estimate of drug-likeness (QED) is 0.620. The smallest absolute Gasteiger partial charge is 0.225 e. The van der Waals surface area contributed by atoms with Gasteiger partial charge in [0.2, 0.25) is 5.95 Å². The Kier molecular flexibility index (Phi) is 5.23. The molecule has 3 aromatic rings. The zero-order valence-corrected chi connectivity index (χ0v) is 16.0. The molecular formula is C23H28N4. The van der Waals surface area contributed by atoms with Crippen molar-refractivity contribution in [1.29, 1.82) is 0 Å². The summed E-state index contributed by atoms with van der Waals surface area (Å²) in [7, 11) is 0. The Labute approximate surface area is 161 Å². The molecule has 0 amide bonds. The number of rotatable bonds is 6. The van der Waals surface area contributed by atoms with Crippen molar-refractivity contribution in [2.75, 3.05) is 23.7 Å². The summed E-state index contributed by atoms with van der Waals surface area (Å²) in [5.41, 5.74) is 2.61. The molecule has 0 aliphatic heterocycles. The summed E-state index contributed by atoms with van der Waals surface area (Å²) in [5.74, 6) is 1.62. The van der Waals surface area contributed by atoms with Crippen LogP contribution in [0.15, 0.2) is 54.6 Å². The molecule has 2 N–H and O–H groups in total. The molecule has 0 unspecified atom stereocenters. The van der Waals surface area contributed by atoms with E-state index in [1.165, 1.54) is 37.7 Å². The third kappa shape index (κ3) is 3.75. The van der Waals surface area contributed by atoms with Gasteiger partial charge in [-0.2, -0.15) is 4.98 Å². The van der Waals surface area contributed by atoms with Crippen LogP contribution in [0.5, 0.6) is 0 Å². The van der Waals surface area contributed by atoms with Gasteiger partial charge in [0.05, 0.1) is 5.52 Å². The Bertz CT molecular complexity index is 885. The lowest BCUT2D eigenvalue weighted by molar-refractivity contribution is 0.308. The van der Waals surface area contributed by atoms with E-state index in [0.29, 0.717) is 5.95 Å². The van der Waals surface area contributed by atoms with Crippen molar-refractivity contribution in [2.24, 2.45) is 0 Å². The van der Waals surface area contributed by atoms with Gasteiger partial charge in [-0.1, -0.05) is 61.7 Å². The molecule has 4 rings (SSSR count). The minimum absolute atomic E-state index is 0.184. The molecule has 27 heavy (non-hydrogen) atoms. The number of nitrogens with one attached hydrogen (secondary N) is 2. The number of aromatic nitrogens is 2. The van der Waals surface area contributed by atoms with Crippen LogP contribution in [0.2, 0.25) is 0 Å². The number of anilines is 2. The highest BCUT2D eigenvalue weighted by Crippen LogP contribution is 2.39. The lowest BCUT2D eigenvalue weighted by atomic mass is 9.69. The van der Waals surface area contributed by atoms with Crippen molar-refractivity contribution in [3.63, 3.8) is 0 Å². The number of para-hydroxylation sites is 1. The molecular weight excluding hydrogens is 332 g/mol. The van der Waals surface area contributed by atoms with Crippen molar-refractivity contribution >= 4 is 22.7 Å². The van der Waals surface area contributed by atoms with Gasteiger partial charge in [0.15, 0.2) is 0 Å². The number of benzene rings is 2. The number of hydrogen-bond acceptors (Lipinski definition) is 4. The van der Waals surface area contributed by atoms with Crippen molar-refractivity contribution in [1.82, 2.24) is 9.97 Å².